The predicted molar refractivity (Wildman–Crippen MR) is 66.3 cm³/mol. The van der Waals surface area contributed by atoms with Crippen LogP contribution in [0.15, 0.2) is 36.4 Å². The minimum Gasteiger partial charge on any atom is -0.507 e. The lowest BCUT2D eigenvalue weighted by Crippen LogP contribution is -1.85. The topological polar surface area (TPSA) is 60.7 Å². The summed E-state index contributed by atoms with van der Waals surface area (Å²) in [7, 11) is 0. The normalized spacial score (nSPS) is 10.4. The number of aryl methyl sites for hydroxylation is 1. The molecule has 0 saturated carbocycles. The van der Waals surface area contributed by atoms with Gasteiger partial charge in [0, 0.05) is 5.56 Å². The van der Waals surface area contributed by atoms with Crippen LogP contribution in [-0.2, 0) is 6.42 Å². The van der Waals surface area contributed by atoms with Crippen molar-refractivity contribution in [3.05, 3.63) is 42.0 Å². The Bertz CT molecular complexity index is 547. The van der Waals surface area contributed by atoms with E-state index in [2.05, 4.69) is 0 Å². The third-order valence-corrected chi connectivity index (χ3v) is 2.79. The van der Waals surface area contributed by atoms with Gasteiger partial charge in [-0.25, -0.2) is 0 Å². The maximum atomic E-state index is 10.1. The van der Waals surface area contributed by atoms with Crippen LogP contribution in [0, 0.1) is 0 Å². The summed E-state index contributed by atoms with van der Waals surface area (Å²) in [6, 6.07) is 9.99. The number of phenols is 3. The van der Waals surface area contributed by atoms with Crippen molar-refractivity contribution in [1.29, 1.82) is 0 Å². The summed E-state index contributed by atoms with van der Waals surface area (Å²) in [6.07, 6.45) is 0.740. The fraction of sp³-hybridized carbons (Fsp3) is 0.143. The molecule has 2 aromatic carbocycles. The van der Waals surface area contributed by atoms with E-state index >= 15 is 0 Å². The van der Waals surface area contributed by atoms with E-state index in [9.17, 15) is 15.3 Å². The van der Waals surface area contributed by atoms with Crippen molar-refractivity contribution in [1.82, 2.24) is 0 Å². The van der Waals surface area contributed by atoms with Crippen LogP contribution >= 0.6 is 0 Å². The van der Waals surface area contributed by atoms with Crippen LogP contribution in [0.5, 0.6) is 17.2 Å². The number of hydrogen-bond acceptors (Lipinski definition) is 3. The SMILES string of the molecule is CCc1cccc(-c2ccc(O)c(O)c2)c1O. The van der Waals surface area contributed by atoms with Gasteiger partial charge in [0.25, 0.3) is 0 Å². The first-order valence-electron chi connectivity index (χ1n) is 5.46. The van der Waals surface area contributed by atoms with E-state index in [4.69, 9.17) is 0 Å². The number of para-hydroxylation sites is 1. The third-order valence-electron chi connectivity index (χ3n) is 2.79. The van der Waals surface area contributed by atoms with Crippen LogP contribution in [0.2, 0.25) is 0 Å². The molecule has 3 nitrogen and oxygen atoms in total. The molecular weight excluding hydrogens is 216 g/mol. The minimum atomic E-state index is -0.191. The molecule has 0 spiro atoms. The van der Waals surface area contributed by atoms with Gasteiger partial charge in [-0.05, 0) is 29.7 Å². The highest BCUT2D eigenvalue weighted by Crippen LogP contribution is 2.36. The summed E-state index contributed by atoms with van der Waals surface area (Å²) in [5.41, 5.74) is 2.18. The molecule has 17 heavy (non-hydrogen) atoms. The zero-order valence-electron chi connectivity index (χ0n) is 9.51. The van der Waals surface area contributed by atoms with Crippen LogP contribution in [0.3, 0.4) is 0 Å². The number of phenolic OH excluding ortho intramolecular Hbond substituents is 3. The Hall–Kier alpha value is -2.16. The van der Waals surface area contributed by atoms with Crippen LogP contribution in [0.25, 0.3) is 11.1 Å². The lowest BCUT2D eigenvalue weighted by molar-refractivity contribution is 0.404. The molecule has 0 amide bonds. The molecule has 2 aromatic rings. The van der Waals surface area contributed by atoms with Gasteiger partial charge in [-0.2, -0.15) is 0 Å². The van der Waals surface area contributed by atoms with Gasteiger partial charge >= 0.3 is 0 Å². The Balaban J connectivity index is 2.56. The van der Waals surface area contributed by atoms with E-state index in [-0.39, 0.29) is 17.2 Å². The van der Waals surface area contributed by atoms with E-state index in [1.54, 1.807) is 12.1 Å². The Morgan fingerprint density at radius 1 is 0.941 bits per heavy atom. The molecule has 0 fully saturated rings. The first-order chi connectivity index (χ1) is 8.13. The van der Waals surface area contributed by atoms with Crippen LogP contribution in [0.1, 0.15) is 12.5 Å². The maximum absolute atomic E-state index is 10.1. The number of aromatic hydroxyl groups is 3. The third kappa shape index (κ3) is 2.04. The number of benzene rings is 2. The molecule has 0 aliphatic heterocycles. The van der Waals surface area contributed by atoms with Gasteiger partial charge in [-0.1, -0.05) is 31.2 Å². The monoisotopic (exact) mass is 230 g/mol. The van der Waals surface area contributed by atoms with E-state index in [1.807, 2.05) is 19.1 Å². The Labute approximate surface area is 99.6 Å². The molecule has 0 aliphatic rings. The van der Waals surface area contributed by atoms with E-state index in [1.165, 1.54) is 12.1 Å². The molecule has 0 aromatic heterocycles. The van der Waals surface area contributed by atoms with Crippen molar-refractivity contribution < 1.29 is 15.3 Å². The molecule has 88 valence electrons. The zero-order valence-corrected chi connectivity index (χ0v) is 9.51. The van der Waals surface area contributed by atoms with Crippen molar-refractivity contribution in [2.45, 2.75) is 13.3 Å². The van der Waals surface area contributed by atoms with Gasteiger partial charge in [0.1, 0.15) is 5.75 Å². The van der Waals surface area contributed by atoms with Crippen LogP contribution in [-0.4, -0.2) is 15.3 Å². The van der Waals surface area contributed by atoms with Crippen LogP contribution in [0.4, 0.5) is 0 Å². The highest BCUT2D eigenvalue weighted by atomic mass is 16.3. The summed E-state index contributed by atoms with van der Waals surface area (Å²) in [4.78, 5) is 0. The van der Waals surface area contributed by atoms with Gasteiger partial charge in [0.05, 0.1) is 0 Å². The van der Waals surface area contributed by atoms with Gasteiger partial charge in [0.15, 0.2) is 11.5 Å². The lowest BCUT2D eigenvalue weighted by atomic mass is 10.00. The summed E-state index contributed by atoms with van der Waals surface area (Å²) in [6.45, 7) is 1.97. The van der Waals surface area contributed by atoms with Gasteiger partial charge in [-0.15, -0.1) is 0 Å². The quantitative estimate of drug-likeness (QED) is 0.695. The molecule has 0 bridgehead atoms. The Morgan fingerprint density at radius 3 is 2.35 bits per heavy atom. The van der Waals surface area contributed by atoms with Crippen LogP contribution < -0.4 is 0 Å². The second-order valence-corrected chi connectivity index (χ2v) is 3.87. The first kappa shape index (κ1) is 11.3. The molecule has 0 aliphatic carbocycles. The minimum absolute atomic E-state index is 0.167. The Kier molecular flexibility index (Phi) is 2.91. The fourth-order valence-corrected chi connectivity index (χ4v) is 1.80. The second-order valence-electron chi connectivity index (χ2n) is 3.87. The van der Waals surface area contributed by atoms with Gasteiger partial charge in [-0.3, -0.25) is 0 Å². The molecule has 0 atom stereocenters. The molecular formula is C14H14O3. The summed E-state index contributed by atoms with van der Waals surface area (Å²) in [5.74, 6) is -0.135. The van der Waals surface area contributed by atoms with Crippen molar-refractivity contribution in [3.63, 3.8) is 0 Å². The average molecular weight is 230 g/mol. The number of hydrogen-bond donors (Lipinski definition) is 3. The fourth-order valence-electron chi connectivity index (χ4n) is 1.80. The highest BCUT2D eigenvalue weighted by molar-refractivity contribution is 5.73. The Morgan fingerprint density at radius 2 is 1.71 bits per heavy atom. The van der Waals surface area contributed by atoms with Crippen molar-refractivity contribution in [2.75, 3.05) is 0 Å². The summed E-state index contributed by atoms with van der Waals surface area (Å²) in [5, 5.41) is 28.8. The maximum Gasteiger partial charge on any atom is 0.158 e. The largest absolute Gasteiger partial charge is 0.507 e. The smallest absolute Gasteiger partial charge is 0.158 e. The highest BCUT2D eigenvalue weighted by Gasteiger charge is 2.09. The lowest BCUT2D eigenvalue weighted by Gasteiger charge is -2.09. The van der Waals surface area contributed by atoms with E-state index < -0.39 is 0 Å². The molecule has 0 saturated heterocycles. The molecule has 3 N–H and O–H groups in total. The van der Waals surface area contributed by atoms with Gasteiger partial charge in [0.2, 0.25) is 0 Å². The van der Waals surface area contributed by atoms with E-state index in [0.717, 1.165) is 12.0 Å². The molecule has 0 radical (unpaired) electrons. The van der Waals surface area contributed by atoms with Gasteiger partial charge < -0.3 is 15.3 Å². The van der Waals surface area contributed by atoms with Crippen molar-refractivity contribution >= 4 is 0 Å². The molecule has 0 heterocycles. The average Bonchev–Trinajstić information content (AvgIpc) is 2.33. The van der Waals surface area contributed by atoms with Crippen molar-refractivity contribution in [3.8, 4) is 28.4 Å². The zero-order chi connectivity index (χ0) is 12.4. The second kappa shape index (κ2) is 4.37. The number of rotatable bonds is 2. The first-order valence-corrected chi connectivity index (χ1v) is 5.46. The predicted octanol–water partition coefficient (Wildman–Crippen LogP) is 3.03. The standard InChI is InChI=1S/C14H14O3/c1-2-9-4-3-5-11(14(9)17)10-6-7-12(15)13(16)8-10/h3-8,15-17H,2H2,1H3. The summed E-state index contributed by atoms with van der Waals surface area (Å²) >= 11 is 0. The molecule has 2 rings (SSSR count). The summed E-state index contributed by atoms with van der Waals surface area (Å²) < 4.78 is 0. The molecule has 3 heteroatoms. The molecule has 0 unspecified atom stereocenters. The van der Waals surface area contributed by atoms with Crippen molar-refractivity contribution in [2.24, 2.45) is 0 Å². The van der Waals surface area contributed by atoms with E-state index in [0.29, 0.717) is 11.1 Å².